The van der Waals surface area contributed by atoms with Crippen molar-refractivity contribution in [2.45, 2.75) is 103 Å². The Kier molecular flexibility index (Phi) is 12.6. The maximum Gasteiger partial charge on any atom is 0.506 e. The van der Waals surface area contributed by atoms with Crippen molar-refractivity contribution in [3.63, 3.8) is 0 Å². The molecule has 1 atom stereocenters. The number of rotatable bonds is 16. The molecule has 0 spiro atoms. The molecule has 1 unspecified atom stereocenters. The molecule has 0 bridgehead atoms. The average Bonchev–Trinajstić information content (AvgIpc) is 2.79. The molecule has 2 aromatic rings. The highest BCUT2D eigenvalue weighted by atomic mass is 16.7. The van der Waals surface area contributed by atoms with Gasteiger partial charge >= 0.3 is 6.16 Å². The van der Waals surface area contributed by atoms with E-state index >= 15 is 0 Å². The third kappa shape index (κ3) is 9.46. The summed E-state index contributed by atoms with van der Waals surface area (Å²) in [7, 11) is 0. The van der Waals surface area contributed by atoms with Crippen molar-refractivity contribution in [3.8, 4) is 0 Å². The molecule has 176 valence electrons. The molecule has 3 nitrogen and oxygen atoms in total. The maximum atomic E-state index is 11.5. The fourth-order valence-electron chi connectivity index (χ4n) is 4.49. The maximum absolute atomic E-state index is 11.5. The van der Waals surface area contributed by atoms with Crippen LogP contribution in [0.2, 0.25) is 0 Å². The zero-order valence-electron chi connectivity index (χ0n) is 20.2. The van der Waals surface area contributed by atoms with Crippen LogP contribution in [0.4, 0.5) is 4.79 Å². The molecular formula is C29H42O3. The van der Waals surface area contributed by atoms with Gasteiger partial charge in [-0.25, -0.2) is 4.79 Å². The number of aryl methyl sites for hydroxylation is 2. The normalized spacial score (nSPS) is 11.9. The number of benzene rings is 2. The Labute approximate surface area is 195 Å². The van der Waals surface area contributed by atoms with Gasteiger partial charge in [-0.15, -0.1) is 0 Å². The van der Waals surface area contributed by atoms with Crippen LogP contribution < -0.4 is 0 Å². The summed E-state index contributed by atoms with van der Waals surface area (Å²) in [6, 6.07) is 17.0. The van der Waals surface area contributed by atoms with Crippen LogP contribution in [0, 0.1) is 0 Å². The quantitative estimate of drug-likeness (QED) is 0.210. The predicted octanol–water partition coefficient (Wildman–Crippen LogP) is 8.69. The van der Waals surface area contributed by atoms with Crippen LogP contribution in [0.3, 0.4) is 0 Å². The second kappa shape index (κ2) is 15.5. The Balaban J connectivity index is 2.07. The lowest BCUT2D eigenvalue weighted by atomic mass is 9.89. The van der Waals surface area contributed by atoms with Crippen LogP contribution in [0.25, 0.3) is 0 Å². The molecule has 2 aromatic carbocycles. The summed E-state index contributed by atoms with van der Waals surface area (Å²) in [4.78, 5) is 11.5. The number of hydrogen-bond acceptors (Lipinski definition) is 2. The summed E-state index contributed by atoms with van der Waals surface area (Å²) < 4.78 is 5.45. The molecule has 3 heteroatoms. The Morgan fingerprint density at radius 3 is 2.16 bits per heavy atom. The van der Waals surface area contributed by atoms with E-state index in [4.69, 9.17) is 4.74 Å². The lowest BCUT2D eigenvalue weighted by Gasteiger charge is -2.22. The number of hydrogen-bond donors (Lipinski definition) is 1. The molecule has 0 amide bonds. The third-order valence-corrected chi connectivity index (χ3v) is 6.25. The van der Waals surface area contributed by atoms with Crippen molar-refractivity contribution in [2.24, 2.45) is 0 Å². The SMILES string of the molecule is CCCCCc1cccc(C(CCCCCc2ccccc2)OC(=O)O)c1CCCCC. The number of carboxylic acid groups (broad SMARTS) is 1. The summed E-state index contributed by atoms with van der Waals surface area (Å²) in [5.41, 5.74) is 5.19. The second-order valence-corrected chi connectivity index (χ2v) is 8.86. The first-order valence-electron chi connectivity index (χ1n) is 12.7. The summed E-state index contributed by atoms with van der Waals surface area (Å²) >= 11 is 0. The number of unbranched alkanes of at least 4 members (excludes halogenated alkanes) is 6. The largest absolute Gasteiger partial charge is 0.506 e. The fourth-order valence-corrected chi connectivity index (χ4v) is 4.49. The summed E-state index contributed by atoms with van der Waals surface area (Å²) in [6.45, 7) is 4.45. The van der Waals surface area contributed by atoms with Gasteiger partial charge in [0.1, 0.15) is 6.10 Å². The van der Waals surface area contributed by atoms with E-state index in [9.17, 15) is 9.90 Å². The highest BCUT2D eigenvalue weighted by Crippen LogP contribution is 2.31. The first-order valence-corrected chi connectivity index (χ1v) is 12.7. The van der Waals surface area contributed by atoms with E-state index in [1.54, 1.807) is 0 Å². The summed E-state index contributed by atoms with van der Waals surface area (Å²) in [5, 5.41) is 9.42. The van der Waals surface area contributed by atoms with Crippen molar-refractivity contribution in [3.05, 3.63) is 70.8 Å². The minimum Gasteiger partial charge on any atom is -0.450 e. The Morgan fingerprint density at radius 2 is 1.47 bits per heavy atom. The molecule has 0 radical (unpaired) electrons. The molecule has 0 aliphatic heterocycles. The van der Waals surface area contributed by atoms with Crippen molar-refractivity contribution in [2.75, 3.05) is 0 Å². The van der Waals surface area contributed by atoms with Gasteiger partial charge in [0.25, 0.3) is 0 Å². The fraction of sp³-hybridized carbons (Fsp3) is 0.552. The van der Waals surface area contributed by atoms with Crippen LogP contribution in [0.1, 0.15) is 106 Å². The number of ether oxygens (including phenoxy) is 1. The van der Waals surface area contributed by atoms with Gasteiger partial charge in [-0.1, -0.05) is 94.5 Å². The standard InChI is InChI=1S/C29H42O3/c1-3-5-9-19-25-20-15-22-27(26(25)21-10-6-4-2)28(32-29(30)31)23-14-8-13-18-24-16-11-7-12-17-24/h7,11-12,15-17,20,22,28H,3-6,8-10,13-14,18-19,21,23H2,1-2H3,(H,30,31). The van der Waals surface area contributed by atoms with Crippen molar-refractivity contribution < 1.29 is 14.6 Å². The Morgan fingerprint density at radius 1 is 0.781 bits per heavy atom. The molecule has 0 saturated carbocycles. The predicted molar refractivity (Wildman–Crippen MR) is 133 cm³/mol. The molecule has 1 N–H and O–H groups in total. The van der Waals surface area contributed by atoms with Gasteiger partial charge in [-0.3, -0.25) is 0 Å². The third-order valence-electron chi connectivity index (χ3n) is 6.25. The topological polar surface area (TPSA) is 46.5 Å². The van der Waals surface area contributed by atoms with Gasteiger partial charge in [-0.05, 0) is 73.6 Å². The van der Waals surface area contributed by atoms with E-state index in [0.29, 0.717) is 0 Å². The van der Waals surface area contributed by atoms with Crippen molar-refractivity contribution in [1.29, 1.82) is 0 Å². The number of carbonyl (C=O) groups is 1. The van der Waals surface area contributed by atoms with Crippen LogP contribution in [-0.2, 0) is 24.0 Å². The molecule has 2 rings (SSSR count). The lowest BCUT2D eigenvalue weighted by Crippen LogP contribution is -2.13. The smallest absolute Gasteiger partial charge is 0.450 e. The highest BCUT2D eigenvalue weighted by molar-refractivity contribution is 5.57. The Hall–Kier alpha value is -2.29. The van der Waals surface area contributed by atoms with Crippen molar-refractivity contribution in [1.82, 2.24) is 0 Å². The molecule has 0 aliphatic carbocycles. The highest BCUT2D eigenvalue weighted by Gasteiger charge is 2.21. The molecule has 0 aliphatic rings. The molecule has 0 heterocycles. The summed E-state index contributed by atoms with van der Waals surface area (Å²) in [6.07, 6.45) is 12.7. The first kappa shape index (κ1) is 26.0. The second-order valence-electron chi connectivity index (χ2n) is 8.86. The zero-order valence-corrected chi connectivity index (χ0v) is 20.2. The van der Waals surface area contributed by atoms with Crippen molar-refractivity contribution >= 4 is 6.16 Å². The van der Waals surface area contributed by atoms with E-state index in [1.807, 2.05) is 6.07 Å². The van der Waals surface area contributed by atoms with Crippen LogP contribution >= 0.6 is 0 Å². The summed E-state index contributed by atoms with van der Waals surface area (Å²) in [5.74, 6) is 0. The minimum absolute atomic E-state index is 0.369. The van der Waals surface area contributed by atoms with E-state index in [0.717, 1.165) is 56.9 Å². The van der Waals surface area contributed by atoms with E-state index in [1.165, 1.54) is 48.8 Å². The monoisotopic (exact) mass is 438 g/mol. The lowest BCUT2D eigenvalue weighted by molar-refractivity contribution is 0.0460. The van der Waals surface area contributed by atoms with E-state index < -0.39 is 6.16 Å². The van der Waals surface area contributed by atoms with Gasteiger partial charge in [0, 0.05) is 0 Å². The van der Waals surface area contributed by atoms with Gasteiger partial charge in [-0.2, -0.15) is 0 Å². The van der Waals surface area contributed by atoms with Crippen LogP contribution in [0.15, 0.2) is 48.5 Å². The van der Waals surface area contributed by atoms with Crippen LogP contribution in [0.5, 0.6) is 0 Å². The van der Waals surface area contributed by atoms with E-state index in [2.05, 4.69) is 56.3 Å². The molecule has 0 fully saturated rings. The molecule has 0 saturated heterocycles. The minimum atomic E-state index is -1.17. The molecule has 32 heavy (non-hydrogen) atoms. The van der Waals surface area contributed by atoms with Gasteiger partial charge in [0.15, 0.2) is 0 Å². The Bertz CT molecular complexity index is 769. The molecule has 0 aromatic heterocycles. The van der Waals surface area contributed by atoms with Crippen LogP contribution in [-0.4, -0.2) is 11.3 Å². The average molecular weight is 439 g/mol. The van der Waals surface area contributed by atoms with E-state index in [-0.39, 0.29) is 6.10 Å². The molecular weight excluding hydrogens is 396 g/mol. The first-order chi connectivity index (χ1) is 15.7. The van der Waals surface area contributed by atoms with Gasteiger partial charge in [0.05, 0.1) is 0 Å². The van der Waals surface area contributed by atoms with Gasteiger partial charge < -0.3 is 9.84 Å². The zero-order chi connectivity index (χ0) is 23.0. The van der Waals surface area contributed by atoms with Gasteiger partial charge in [0.2, 0.25) is 0 Å².